The van der Waals surface area contributed by atoms with E-state index in [-0.39, 0.29) is 0 Å². The molecule has 0 spiro atoms. The summed E-state index contributed by atoms with van der Waals surface area (Å²) in [6.07, 6.45) is 2.09. The first-order chi connectivity index (χ1) is 19.2. The van der Waals surface area contributed by atoms with E-state index in [1.165, 1.54) is 37.9 Å². The number of rotatable bonds is 2. The zero-order valence-electron chi connectivity index (χ0n) is 21.9. The predicted molar refractivity (Wildman–Crippen MR) is 163 cm³/mol. The molecule has 0 aliphatic carbocycles. The van der Waals surface area contributed by atoms with Crippen LogP contribution in [0.5, 0.6) is 0 Å². The van der Waals surface area contributed by atoms with Crippen LogP contribution in [-0.2, 0) is 7.05 Å². The normalized spacial score (nSPS) is 11.8. The molecule has 2 nitrogen and oxygen atoms in total. The van der Waals surface area contributed by atoms with E-state index in [1.54, 1.807) is 0 Å². The molecule has 0 saturated carbocycles. The molecule has 2 aromatic heterocycles. The van der Waals surface area contributed by atoms with E-state index in [9.17, 15) is 0 Å². The Balaban J connectivity index is 1.44. The third kappa shape index (κ3) is 3.18. The summed E-state index contributed by atoms with van der Waals surface area (Å²) in [5, 5.41) is 9.98. The quantitative estimate of drug-likeness (QED) is 0.171. The molecule has 0 aliphatic rings. The molecular weight excluding hydrogens is 474 g/mol. The lowest BCUT2D eigenvalue weighted by molar-refractivity contribution is -0.660. The van der Waals surface area contributed by atoms with Gasteiger partial charge in [-0.3, -0.25) is 0 Å². The van der Waals surface area contributed by atoms with Crippen molar-refractivity contribution in [2.24, 2.45) is 7.05 Å². The van der Waals surface area contributed by atoms with Gasteiger partial charge in [0.1, 0.15) is 18.2 Å². The molecule has 0 radical (unpaired) electrons. The number of benzene rings is 6. The highest BCUT2D eigenvalue weighted by molar-refractivity contribution is 6.26. The zero-order chi connectivity index (χ0) is 26.1. The van der Waals surface area contributed by atoms with Crippen molar-refractivity contribution in [3.05, 3.63) is 127 Å². The zero-order valence-corrected chi connectivity index (χ0v) is 21.9. The van der Waals surface area contributed by atoms with E-state index in [1.807, 2.05) is 0 Å². The van der Waals surface area contributed by atoms with Crippen LogP contribution in [0.3, 0.4) is 0 Å². The molecule has 8 aromatic rings. The third-order valence-corrected chi connectivity index (χ3v) is 8.24. The second-order valence-electron chi connectivity index (χ2n) is 10.5. The first kappa shape index (κ1) is 22.1. The molecule has 39 heavy (non-hydrogen) atoms. The Morgan fingerprint density at radius 3 is 1.82 bits per heavy atom. The summed E-state index contributed by atoms with van der Waals surface area (Å²) in [6.45, 7) is 2.16. The Kier molecular flexibility index (Phi) is 4.68. The Morgan fingerprint density at radius 2 is 1.10 bits per heavy atom. The van der Waals surface area contributed by atoms with Gasteiger partial charge in [-0.25, -0.2) is 4.57 Å². The monoisotopic (exact) mass is 500 g/mol. The first-order valence-electron chi connectivity index (χ1n) is 13.4. The minimum atomic E-state index is 0.933. The highest BCUT2D eigenvalue weighted by Gasteiger charge is 2.21. The molecular formula is C37H26NO+. The largest absolute Gasteiger partial charge is 0.454 e. The Labute approximate surface area is 226 Å². The molecule has 0 amide bonds. The Hall–Kier alpha value is -4.95. The van der Waals surface area contributed by atoms with Crippen molar-refractivity contribution in [3.8, 4) is 22.4 Å². The standard InChI is InChI=1S/C37H26NO/c1-23-17-19-32-31-15-9-14-25(36(31)39-37(32)35(23)34-16-7-8-21-38(34)2)24-18-20-30-28-12-4-3-10-26(28)27-11-5-6-13-29(27)33(30)22-24/h3-22H,1-2H3/q+1. The van der Waals surface area contributed by atoms with Gasteiger partial charge in [0, 0.05) is 28.5 Å². The maximum Gasteiger partial charge on any atom is 0.216 e. The smallest absolute Gasteiger partial charge is 0.216 e. The van der Waals surface area contributed by atoms with Gasteiger partial charge in [-0.2, -0.15) is 0 Å². The van der Waals surface area contributed by atoms with Crippen LogP contribution in [0, 0.1) is 6.92 Å². The van der Waals surface area contributed by atoms with Gasteiger partial charge in [0.15, 0.2) is 6.20 Å². The minimum Gasteiger partial charge on any atom is -0.454 e. The Morgan fingerprint density at radius 1 is 0.513 bits per heavy atom. The molecule has 6 aromatic carbocycles. The second-order valence-corrected chi connectivity index (χ2v) is 10.5. The number of nitrogens with zero attached hydrogens (tertiary/aromatic N) is 1. The average Bonchev–Trinajstić information content (AvgIpc) is 3.36. The molecule has 184 valence electrons. The molecule has 2 heterocycles. The van der Waals surface area contributed by atoms with Crippen LogP contribution in [0.1, 0.15) is 5.56 Å². The van der Waals surface area contributed by atoms with Crippen molar-refractivity contribution in [1.29, 1.82) is 0 Å². The van der Waals surface area contributed by atoms with Gasteiger partial charge in [0.05, 0.1) is 5.56 Å². The van der Waals surface area contributed by atoms with Gasteiger partial charge in [0.25, 0.3) is 0 Å². The molecule has 0 fully saturated rings. The lowest BCUT2D eigenvalue weighted by Gasteiger charge is -2.12. The number of aromatic nitrogens is 1. The fourth-order valence-corrected chi connectivity index (χ4v) is 6.36. The van der Waals surface area contributed by atoms with E-state index < -0.39 is 0 Å². The van der Waals surface area contributed by atoms with Crippen LogP contribution in [0.25, 0.3) is 76.6 Å². The Bertz CT molecular complexity index is 2220. The number of hydrogen-bond acceptors (Lipinski definition) is 1. The summed E-state index contributed by atoms with van der Waals surface area (Å²) < 4.78 is 8.98. The van der Waals surface area contributed by atoms with Gasteiger partial charge >= 0.3 is 0 Å². The van der Waals surface area contributed by atoms with Crippen molar-refractivity contribution >= 4 is 54.3 Å². The van der Waals surface area contributed by atoms with Crippen molar-refractivity contribution in [3.63, 3.8) is 0 Å². The topological polar surface area (TPSA) is 17.0 Å². The van der Waals surface area contributed by atoms with E-state index in [4.69, 9.17) is 4.42 Å². The molecule has 0 N–H and O–H groups in total. The van der Waals surface area contributed by atoms with Gasteiger partial charge in [-0.15, -0.1) is 0 Å². The number of hydrogen-bond donors (Lipinski definition) is 0. The molecule has 0 saturated heterocycles. The third-order valence-electron chi connectivity index (χ3n) is 8.24. The van der Waals surface area contributed by atoms with E-state index in [0.717, 1.165) is 44.3 Å². The van der Waals surface area contributed by atoms with Gasteiger partial charge in [-0.05, 0) is 62.5 Å². The van der Waals surface area contributed by atoms with Crippen molar-refractivity contribution in [2.75, 3.05) is 0 Å². The molecule has 0 atom stereocenters. The van der Waals surface area contributed by atoms with Gasteiger partial charge in [0.2, 0.25) is 5.69 Å². The number of furan rings is 1. The second kappa shape index (κ2) is 8.28. The summed E-state index contributed by atoms with van der Waals surface area (Å²) >= 11 is 0. The minimum absolute atomic E-state index is 0.933. The van der Waals surface area contributed by atoms with Crippen LogP contribution in [0.2, 0.25) is 0 Å². The van der Waals surface area contributed by atoms with Crippen LogP contribution >= 0.6 is 0 Å². The van der Waals surface area contributed by atoms with Crippen LogP contribution in [0.4, 0.5) is 0 Å². The summed E-state index contributed by atoms with van der Waals surface area (Å²) in [5.41, 5.74) is 7.65. The molecule has 0 aliphatic heterocycles. The molecule has 0 unspecified atom stereocenters. The summed E-state index contributed by atoms with van der Waals surface area (Å²) in [6, 6.07) is 41.6. The first-order valence-corrected chi connectivity index (χ1v) is 13.4. The SMILES string of the molecule is Cc1ccc2c(oc3c(-c4ccc5c6ccccc6c6ccccc6c5c4)cccc32)c1-c1cccc[n+]1C. The lowest BCUT2D eigenvalue weighted by atomic mass is 9.92. The molecule has 8 rings (SSSR count). The average molecular weight is 501 g/mol. The van der Waals surface area contributed by atoms with E-state index in [2.05, 4.69) is 140 Å². The fourth-order valence-electron chi connectivity index (χ4n) is 6.36. The van der Waals surface area contributed by atoms with Crippen molar-refractivity contribution in [1.82, 2.24) is 0 Å². The number of para-hydroxylation sites is 1. The van der Waals surface area contributed by atoms with Crippen molar-refractivity contribution in [2.45, 2.75) is 6.92 Å². The van der Waals surface area contributed by atoms with Crippen molar-refractivity contribution < 1.29 is 8.98 Å². The van der Waals surface area contributed by atoms with E-state index in [0.29, 0.717) is 0 Å². The number of pyridine rings is 1. The van der Waals surface area contributed by atoms with Gasteiger partial charge < -0.3 is 4.42 Å². The number of fused-ring (bicyclic) bond motifs is 9. The summed E-state index contributed by atoms with van der Waals surface area (Å²) in [7, 11) is 2.09. The highest BCUT2D eigenvalue weighted by Crippen LogP contribution is 2.42. The summed E-state index contributed by atoms with van der Waals surface area (Å²) in [4.78, 5) is 0. The number of aryl methyl sites for hydroxylation is 2. The fraction of sp³-hybridized carbons (Fsp3) is 0.0541. The van der Waals surface area contributed by atoms with Crippen LogP contribution in [0.15, 0.2) is 126 Å². The maximum atomic E-state index is 6.82. The molecule has 0 bridgehead atoms. The lowest BCUT2D eigenvalue weighted by Crippen LogP contribution is -2.30. The highest BCUT2D eigenvalue weighted by atomic mass is 16.3. The molecule has 2 heteroatoms. The van der Waals surface area contributed by atoms with E-state index >= 15 is 0 Å². The maximum absolute atomic E-state index is 6.82. The predicted octanol–water partition coefficient (Wildman–Crippen LogP) is 9.51. The summed E-state index contributed by atoms with van der Waals surface area (Å²) in [5.74, 6) is 0. The van der Waals surface area contributed by atoms with Crippen LogP contribution in [-0.4, -0.2) is 0 Å². The van der Waals surface area contributed by atoms with Crippen LogP contribution < -0.4 is 4.57 Å². The van der Waals surface area contributed by atoms with Gasteiger partial charge in [-0.1, -0.05) is 91.0 Å².